The molecule has 1 amide bonds. The summed E-state index contributed by atoms with van der Waals surface area (Å²) < 4.78 is 0. The summed E-state index contributed by atoms with van der Waals surface area (Å²) in [4.78, 5) is 16.0. The fourth-order valence-corrected chi connectivity index (χ4v) is 2.52. The van der Waals surface area contributed by atoms with Gasteiger partial charge in [-0.05, 0) is 12.1 Å². The number of amides is 1. The Morgan fingerprint density at radius 3 is 2.65 bits per heavy atom. The van der Waals surface area contributed by atoms with E-state index in [1.54, 1.807) is 0 Å². The zero-order chi connectivity index (χ0) is 14.4. The first-order valence-electron chi connectivity index (χ1n) is 6.62. The minimum absolute atomic E-state index is 0.0193. The van der Waals surface area contributed by atoms with E-state index >= 15 is 0 Å². The number of carbonyl (C=O) groups is 1. The molecule has 0 aromatic heterocycles. The topological polar surface area (TPSA) is 35.6 Å². The molecule has 5 heteroatoms. The van der Waals surface area contributed by atoms with Crippen molar-refractivity contribution in [1.29, 1.82) is 0 Å². The Morgan fingerprint density at radius 2 is 2.00 bits per heavy atom. The Balaban J connectivity index is 1.82. The van der Waals surface area contributed by atoms with Gasteiger partial charge in [-0.1, -0.05) is 29.7 Å². The number of carbonyl (C=O) groups excluding carboxylic acids is 1. The first kappa shape index (κ1) is 14.7. The van der Waals surface area contributed by atoms with Crippen LogP contribution in [0.5, 0.6) is 0 Å². The van der Waals surface area contributed by atoms with Gasteiger partial charge in [-0.2, -0.15) is 0 Å². The molecule has 0 aliphatic carbocycles. The standard InChI is InChI=1S/C15H18ClN3O/c1-2-7-17-15(20)12-18-8-10-19(11-9-18)14-6-4-3-5-13(14)16/h1,3-6H,7-12H2,(H,17,20). The van der Waals surface area contributed by atoms with Crippen molar-refractivity contribution >= 4 is 23.2 Å². The van der Waals surface area contributed by atoms with Crippen molar-refractivity contribution in [2.24, 2.45) is 0 Å². The molecule has 0 saturated carbocycles. The van der Waals surface area contributed by atoms with E-state index < -0.39 is 0 Å². The van der Waals surface area contributed by atoms with Gasteiger partial charge < -0.3 is 10.2 Å². The molecule has 0 atom stereocenters. The lowest BCUT2D eigenvalue weighted by molar-refractivity contribution is -0.122. The maximum atomic E-state index is 11.6. The molecule has 1 heterocycles. The number of hydrogen-bond acceptors (Lipinski definition) is 3. The lowest BCUT2D eigenvalue weighted by Crippen LogP contribution is -2.49. The van der Waals surface area contributed by atoms with Crippen LogP contribution in [-0.2, 0) is 4.79 Å². The summed E-state index contributed by atoms with van der Waals surface area (Å²) in [6.45, 7) is 4.11. The summed E-state index contributed by atoms with van der Waals surface area (Å²) in [5.41, 5.74) is 1.06. The van der Waals surface area contributed by atoms with Crippen LogP contribution in [-0.4, -0.2) is 50.1 Å². The van der Waals surface area contributed by atoms with E-state index in [1.165, 1.54) is 0 Å². The first-order chi connectivity index (χ1) is 9.70. The molecule has 1 aromatic rings. The highest BCUT2D eigenvalue weighted by atomic mass is 35.5. The predicted octanol–water partition coefficient (Wildman–Crippen LogP) is 1.21. The number of halogens is 1. The molecule has 0 unspecified atom stereocenters. The second-order valence-corrected chi connectivity index (χ2v) is 5.10. The minimum Gasteiger partial charge on any atom is -0.368 e. The quantitative estimate of drug-likeness (QED) is 0.847. The Morgan fingerprint density at radius 1 is 1.30 bits per heavy atom. The number of benzene rings is 1. The van der Waals surface area contributed by atoms with E-state index in [0.29, 0.717) is 13.1 Å². The first-order valence-corrected chi connectivity index (χ1v) is 7.00. The Kier molecular flexibility index (Phi) is 5.28. The van der Waals surface area contributed by atoms with E-state index in [1.807, 2.05) is 24.3 Å². The van der Waals surface area contributed by atoms with Crippen molar-refractivity contribution < 1.29 is 4.79 Å². The van der Waals surface area contributed by atoms with Crippen molar-refractivity contribution in [3.8, 4) is 12.3 Å². The molecule has 1 aliphatic rings. The summed E-state index contributed by atoms with van der Waals surface area (Å²) >= 11 is 6.20. The Bertz CT molecular complexity index is 504. The molecule has 4 nitrogen and oxygen atoms in total. The zero-order valence-electron chi connectivity index (χ0n) is 11.3. The van der Waals surface area contributed by atoms with Crippen molar-refractivity contribution in [2.45, 2.75) is 0 Å². The zero-order valence-corrected chi connectivity index (χ0v) is 12.1. The number of piperazine rings is 1. The van der Waals surface area contributed by atoms with Gasteiger partial charge in [0.2, 0.25) is 5.91 Å². The third-order valence-electron chi connectivity index (χ3n) is 3.32. The third-order valence-corrected chi connectivity index (χ3v) is 3.64. The summed E-state index contributed by atoms with van der Waals surface area (Å²) in [5, 5.41) is 3.45. The molecule has 0 bridgehead atoms. The monoisotopic (exact) mass is 291 g/mol. The van der Waals surface area contributed by atoms with Crippen LogP contribution >= 0.6 is 11.6 Å². The molecule has 0 radical (unpaired) electrons. The SMILES string of the molecule is C#CCNC(=O)CN1CCN(c2ccccc2Cl)CC1. The maximum Gasteiger partial charge on any atom is 0.234 e. The van der Waals surface area contributed by atoms with Crippen LogP contribution in [0, 0.1) is 12.3 Å². The van der Waals surface area contributed by atoms with Crippen LogP contribution in [0.3, 0.4) is 0 Å². The molecular weight excluding hydrogens is 274 g/mol. The number of hydrogen-bond donors (Lipinski definition) is 1. The van der Waals surface area contributed by atoms with Gasteiger partial charge in [0.15, 0.2) is 0 Å². The van der Waals surface area contributed by atoms with E-state index in [9.17, 15) is 4.79 Å². The minimum atomic E-state index is -0.0193. The summed E-state index contributed by atoms with van der Waals surface area (Å²) in [6.07, 6.45) is 5.11. The van der Waals surface area contributed by atoms with Crippen LogP contribution in [0.15, 0.2) is 24.3 Å². The van der Waals surface area contributed by atoms with Gasteiger partial charge in [0.05, 0.1) is 23.8 Å². The Hall–Kier alpha value is -1.70. The highest BCUT2D eigenvalue weighted by Gasteiger charge is 2.20. The highest BCUT2D eigenvalue weighted by molar-refractivity contribution is 6.33. The van der Waals surface area contributed by atoms with Crippen LogP contribution in [0.2, 0.25) is 5.02 Å². The van der Waals surface area contributed by atoms with Crippen LogP contribution < -0.4 is 10.2 Å². The second-order valence-electron chi connectivity index (χ2n) is 4.70. The lowest BCUT2D eigenvalue weighted by atomic mass is 10.2. The van der Waals surface area contributed by atoms with Gasteiger partial charge in [-0.15, -0.1) is 6.42 Å². The van der Waals surface area contributed by atoms with Crippen LogP contribution in [0.1, 0.15) is 0 Å². The van der Waals surface area contributed by atoms with Gasteiger partial charge in [0.25, 0.3) is 0 Å². The molecule has 2 rings (SSSR count). The molecule has 106 valence electrons. The molecule has 1 fully saturated rings. The number of rotatable bonds is 4. The summed E-state index contributed by atoms with van der Waals surface area (Å²) in [6, 6.07) is 7.84. The molecule has 1 saturated heterocycles. The smallest absolute Gasteiger partial charge is 0.234 e. The van der Waals surface area contributed by atoms with E-state index in [-0.39, 0.29) is 5.91 Å². The van der Waals surface area contributed by atoms with Crippen LogP contribution in [0.25, 0.3) is 0 Å². The largest absolute Gasteiger partial charge is 0.368 e. The number of nitrogens with one attached hydrogen (secondary N) is 1. The van der Waals surface area contributed by atoms with E-state index in [4.69, 9.17) is 18.0 Å². The molecule has 20 heavy (non-hydrogen) atoms. The molecule has 1 N–H and O–H groups in total. The lowest BCUT2D eigenvalue weighted by Gasteiger charge is -2.36. The summed E-state index contributed by atoms with van der Waals surface area (Å²) in [7, 11) is 0. The molecule has 1 aromatic carbocycles. The van der Waals surface area contributed by atoms with Crippen molar-refractivity contribution in [3.05, 3.63) is 29.3 Å². The number of anilines is 1. The average molecular weight is 292 g/mol. The van der Waals surface area contributed by atoms with Crippen LogP contribution in [0.4, 0.5) is 5.69 Å². The van der Waals surface area contributed by atoms with E-state index in [2.05, 4.69) is 21.0 Å². The van der Waals surface area contributed by atoms with Crippen molar-refractivity contribution in [3.63, 3.8) is 0 Å². The predicted molar refractivity (Wildman–Crippen MR) is 81.9 cm³/mol. The number of terminal acetylenes is 1. The second kappa shape index (κ2) is 7.18. The molecular formula is C15H18ClN3O. The van der Waals surface area contributed by atoms with Crippen molar-refractivity contribution in [2.75, 3.05) is 44.2 Å². The summed E-state index contributed by atoms with van der Waals surface area (Å²) in [5.74, 6) is 2.38. The fourth-order valence-electron chi connectivity index (χ4n) is 2.26. The van der Waals surface area contributed by atoms with Crippen molar-refractivity contribution in [1.82, 2.24) is 10.2 Å². The van der Waals surface area contributed by atoms with Gasteiger partial charge >= 0.3 is 0 Å². The fraction of sp³-hybridized carbons (Fsp3) is 0.400. The highest BCUT2D eigenvalue weighted by Crippen LogP contribution is 2.25. The van der Waals surface area contributed by atoms with Gasteiger partial charge in [-0.3, -0.25) is 9.69 Å². The number of para-hydroxylation sites is 1. The Labute approximate surface area is 124 Å². The van der Waals surface area contributed by atoms with Gasteiger partial charge in [0.1, 0.15) is 0 Å². The molecule has 0 spiro atoms. The maximum absolute atomic E-state index is 11.6. The molecule has 1 aliphatic heterocycles. The van der Waals surface area contributed by atoms with Gasteiger partial charge in [0, 0.05) is 26.2 Å². The average Bonchev–Trinajstić information content (AvgIpc) is 2.47. The normalized spacial score (nSPS) is 15.7. The van der Waals surface area contributed by atoms with Gasteiger partial charge in [-0.25, -0.2) is 0 Å². The van der Waals surface area contributed by atoms with E-state index in [0.717, 1.165) is 36.9 Å². The third kappa shape index (κ3) is 3.89. The number of nitrogens with zero attached hydrogens (tertiary/aromatic N) is 2.